The highest BCUT2D eigenvalue weighted by Gasteiger charge is 2.07. The standard InChI is InChI=1S/C21H27N5OS/c1-5-20-23-25-26(24-20)18-11-12-19(27-4)16(13-18)9-7-6-8-10-17-14-28-21(22-17)15(2)3/h7,9,11-15H,5-6,8,10H2,1-4H3/b9-7+. The van der Waals surface area contributed by atoms with E-state index in [1.54, 1.807) is 23.2 Å². The van der Waals surface area contributed by atoms with Crippen molar-refractivity contribution in [3.63, 3.8) is 0 Å². The van der Waals surface area contributed by atoms with Gasteiger partial charge in [-0.3, -0.25) is 0 Å². The molecule has 28 heavy (non-hydrogen) atoms. The van der Waals surface area contributed by atoms with Crippen LogP contribution in [0.3, 0.4) is 0 Å². The maximum Gasteiger partial charge on any atom is 0.174 e. The molecule has 3 aromatic rings. The molecule has 6 nitrogen and oxygen atoms in total. The third-order valence-corrected chi connectivity index (χ3v) is 5.57. The van der Waals surface area contributed by atoms with Crippen LogP contribution in [-0.2, 0) is 12.8 Å². The molecule has 0 bridgehead atoms. The largest absolute Gasteiger partial charge is 0.496 e. The van der Waals surface area contributed by atoms with Crippen LogP contribution < -0.4 is 4.74 Å². The summed E-state index contributed by atoms with van der Waals surface area (Å²) < 4.78 is 5.49. The average molecular weight is 398 g/mol. The highest BCUT2D eigenvalue weighted by Crippen LogP contribution is 2.24. The monoisotopic (exact) mass is 397 g/mol. The topological polar surface area (TPSA) is 65.7 Å². The normalized spacial score (nSPS) is 11.6. The first-order chi connectivity index (χ1) is 13.6. The van der Waals surface area contributed by atoms with E-state index in [1.165, 1.54) is 10.7 Å². The number of ether oxygens (including phenoxy) is 1. The van der Waals surface area contributed by atoms with E-state index in [2.05, 4.69) is 46.8 Å². The summed E-state index contributed by atoms with van der Waals surface area (Å²) in [5.41, 5.74) is 3.08. The van der Waals surface area contributed by atoms with E-state index in [4.69, 9.17) is 9.72 Å². The summed E-state index contributed by atoms with van der Waals surface area (Å²) in [6.07, 6.45) is 8.12. The van der Waals surface area contributed by atoms with Gasteiger partial charge in [0.2, 0.25) is 0 Å². The molecule has 0 unspecified atom stereocenters. The number of aryl methyl sites for hydroxylation is 2. The maximum absolute atomic E-state index is 5.49. The lowest BCUT2D eigenvalue weighted by molar-refractivity contribution is 0.413. The lowest BCUT2D eigenvalue weighted by Gasteiger charge is -2.07. The predicted octanol–water partition coefficient (Wildman–Crippen LogP) is 4.85. The first kappa shape index (κ1) is 20.2. The molecule has 0 N–H and O–H groups in total. The average Bonchev–Trinajstić information content (AvgIpc) is 3.37. The first-order valence-corrected chi connectivity index (χ1v) is 10.6. The fraction of sp³-hybridized carbons (Fsp3) is 0.429. The molecule has 0 aliphatic rings. The van der Waals surface area contributed by atoms with E-state index >= 15 is 0 Å². The third-order valence-electron chi connectivity index (χ3n) is 4.38. The number of unbranched alkanes of at least 4 members (excludes halogenated alkanes) is 1. The fourth-order valence-corrected chi connectivity index (χ4v) is 3.65. The van der Waals surface area contributed by atoms with Crippen LogP contribution in [0, 0.1) is 0 Å². The van der Waals surface area contributed by atoms with Crippen molar-refractivity contribution >= 4 is 17.4 Å². The van der Waals surface area contributed by atoms with Gasteiger partial charge < -0.3 is 4.74 Å². The molecule has 1 aromatic carbocycles. The van der Waals surface area contributed by atoms with Gasteiger partial charge in [-0.2, -0.15) is 0 Å². The number of benzene rings is 1. The van der Waals surface area contributed by atoms with Crippen molar-refractivity contribution in [2.45, 2.75) is 52.4 Å². The van der Waals surface area contributed by atoms with Crippen LogP contribution in [-0.4, -0.2) is 32.3 Å². The third kappa shape index (κ3) is 5.04. The molecule has 0 saturated carbocycles. The van der Waals surface area contributed by atoms with Crippen molar-refractivity contribution in [2.24, 2.45) is 0 Å². The van der Waals surface area contributed by atoms with Gasteiger partial charge in [0, 0.05) is 23.3 Å². The Labute approximate surface area is 170 Å². The molecule has 2 heterocycles. The molecule has 3 rings (SSSR count). The Bertz CT molecular complexity index is 929. The van der Waals surface area contributed by atoms with Crippen LogP contribution in [0.4, 0.5) is 0 Å². The molecule has 0 saturated heterocycles. The van der Waals surface area contributed by atoms with Gasteiger partial charge in [0.1, 0.15) is 5.75 Å². The van der Waals surface area contributed by atoms with Crippen LogP contribution in [0.2, 0.25) is 0 Å². The number of thiazole rings is 1. The zero-order chi connectivity index (χ0) is 19.9. The second-order valence-corrected chi connectivity index (χ2v) is 7.79. The SMILES string of the molecule is CCc1nnn(-c2ccc(OC)c(/C=C/CCCc3csc(C(C)C)n3)c2)n1. The lowest BCUT2D eigenvalue weighted by Crippen LogP contribution is -2.00. The van der Waals surface area contributed by atoms with Gasteiger partial charge in [-0.1, -0.05) is 32.9 Å². The number of methoxy groups -OCH3 is 1. The summed E-state index contributed by atoms with van der Waals surface area (Å²) in [4.78, 5) is 6.26. The Morgan fingerprint density at radius 3 is 2.82 bits per heavy atom. The number of hydrogen-bond acceptors (Lipinski definition) is 6. The molecule has 0 atom stereocenters. The van der Waals surface area contributed by atoms with Gasteiger partial charge in [0.15, 0.2) is 5.82 Å². The molecule has 0 radical (unpaired) electrons. The predicted molar refractivity (Wildman–Crippen MR) is 113 cm³/mol. The molecule has 7 heteroatoms. The smallest absolute Gasteiger partial charge is 0.174 e. The summed E-state index contributed by atoms with van der Waals surface area (Å²) in [5, 5.41) is 15.9. The first-order valence-electron chi connectivity index (χ1n) is 9.68. The van der Waals surface area contributed by atoms with E-state index in [0.717, 1.165) is 48.5 Å². The van der Waals surface area contributed by atoms with Crippen molar-refractivity contribution in [3.05, 3.63) is 51.7 Å². The van der Waals surface area contributed by atoms with Gasteiger partial charge >= 0.3 is 0 Å². The molecule has 0 aliphatic carbocycles. The highest BCUT2D eigenvalue weighted by atomic mass is 32.1. The van der Waals surface area contributed by atoms with Crippen LogP contribution in [0.15, 0.2) is 29.7 Å². The van der Waals surface area contributed by atoms with Crippen molar-refractivity contribution in [3.8, 4) is 11.4 Å². The summed E-state index contributed by atoms with van der Waals surface area (Å²) in [6.45, 7) is 6.38. The number of tetrazole rings is 1. The van der Waals surface area contributed by atoms with Gasteiger partial charge in [-0.25, -0.2) is 4.98 Å². The lowest BCUT2D eigenvalue weighted by atomic mass is 10.1. The zero-order valence-corrected chi connectivity index (χ0v) is 17.7. The molecule has 0 spiro atoms. The van der Waals surface area contributed by atoms with Crippen LogP contribution >= 0.6 is 11.3 Å². The molecule has 2 aromatic heterocycles. The van der Waals surface area contributed by atoms with E-state index < -0.39 is 0 Å². The Hall–Kier alpha value is -2.54. The van der Waals surface area contributed by atoms with Crippen molar-refractivity contribution in [1.29, 1.82) is 0 Å². The van der Waals surface area contributed by atoms with Gasteiger partial charge in [-0.05, 0) is 42.7 Å². The Kier molecular flexibility index (Phi) is 6.92. The minimum atomic E-state index is 0.506. The molecule has 0 aliphatic heterocycles. The quantitative estimate of drug-likeness (QED) is 0.483. The number of nitrogens with zero attached hydrogens (tertiary/aromatic N) is 5. The van der Waals surface area contributed by atoms with Crippen molar-refractivity contribution < 1.29 is 4.74 Å². The number of allylic oxidation sites excluding steroid dienone is 1. The molecule has 0 fully saturated rings. The number of aromatic nitrogens is 5. The molecular formula is C21H27N5OS. The molecule has 148 valence electrons. The summed E-state index contributed by atoms with van der Waals surface area (Å²) >= 11 is 1.76. The van der Waals surface area contributed by atoms with E-state index in [-0.39, 0.29) is 0 Å². The van der Waals surface area contributed by atoms with Gasteiger partial charge in [-0.15, -0.1) is 26.3 Å². The van der Waals surface area contributed by atoms with E-state index in [0.29, 0.717) is 5.92 Å². The number of rotatable bonds is 9. The Morgan fingerprint density at radius 1 is 1.29 bits per heavy atom. The minimum absolute atomic E-state index is 0.506. The van der Waals surface area contributed by atoms with Crippen LogP contribution in [0.1, 0.15) is 61.6 Å². The highest BCUT2D eigenvalue weighted by molar-refractivity contribution is 7.09. The van der Waals surface area contributed by atoms with Crippen molar-refractivity contribution in [2.75, 3.05) is 7.11 Å². The second kappa shape index (κ2) is 9.59. The van der Waals surface area contributed by atoms with Crippen molar-refractivity contribution in [1.82, 2.24) is 25.2 Å². The minimum Gasteiger partial charge on any atom is -0.496 e. The summed E-state index contributed by atoms with van der Waals surface area (Å²) in [6, 6.07) is 5.89. The van der Waals surface area contributed by atoms with Gasteiger partial charge in [0.05, 0.1) is 23.5 Å². The maximum atomic E-state index is 5.49. The second-order valence-electron chi connectivity index (χ2n) is 6.90. The number of hydrogen-bond donors (Lipinski definition) is 0. The van der Waals surface area contributed by atoms with Crippen LogP contribution in [0.5, 0.6) is 5.75 Å². The fourth-order valence-electron chi connectivity index (χ4n) is 2.78. The molecular weight excluding hydrogens is 370 g/mol. The Balaban J connectivity index is 1.62. The summed E-state index contributed by atoms with van der Waals surface area (Å²) in [7, 11) is 1.68. The van der Waals surface area contributed by atoms with Crippen LogP contribution in [0.25, 0.3) is 11.8 Å². The van der Waals surface area contributed by atoms with E-state index in [1.807, 2.05) is 25.1 Å². The Morgan fingerprint density at radius 2 is 2.14 bits per heavy atom. The summed E-state index contributed by atoms with van der Waals surface area (Å²) in [5.74, 6) is 2.07. The van der Waals surface area contributed by atoms with Gasteiger partial charge in [0.25, 0.3) is 0 Å². The zero-order valence-electron chi connectivity index (χ0n) is 16.9. The van der Waals surface area contributed by atoms with E-state index in [9.17, 15) is 0 Å². The molecule has 0 amide bonds.